The Hall–Kier alpha value is -1.55. The summed E-state index contributed by atoms with van der Waals surface area (Å²) in [6, 6.07) is 7.13. The van der Waals surface area contributed by atoms with E-state index >= 15 is 0 Å². The van der Waals surface area contributed by atoms with Crippen LogP contribution >= 0.6 is 0 Å². The zero-order chi connectivity index (χ0) is 16.7. The molecule has 0 bridgehead atoms. The summed E-state index contributed by atoms with van der Waals surface area (Å²) in [5.41, 5.74) is 1.11. The van der Waals surface area contributed by atoms with Gasteiger partial charge in [0.1, 0.15) is 5.75 Å². The predicted molar refractivity (Wildman–Crippen MR) is 93.6 cm³/mol. The van der Waals surface area contributed by atoms with Crippen LogP contribution in [0.2, 0.25) is 0 Å². The standard InChI is InChI=1S/C19H30N2O2/c1-21(2)19(12-5-3-4-6-13-19)15-20-18(23)11-10-16-8-7-9-17(22)14-16/h7-9,14,22H,3-6,10-13,15H2,1-2H3,(H,20,23). The van der Waals surface area contributed by atoms with Gasteiger partial charge >= 0.3 is 0 Å². The Balaban J connectivity index is 1.84. The number of aryl methyl sites for hydroxylation is 1. The number of aromatic hydroxyl groups is 1. The third kappa shape index (κ3) is 5.24. The zero-order valence-corrected chi connectivity index (χ0v) is 14.5. The number of hydrogen-bond donors (Lipinski definition) is 2. The van der Waals surface area contributed by atoms with Crippen LogP contribution in [-0.4, -0.2) is 42.1 Å². The first-order chi connectivity index (χ1) is 11.0. The first kappa shape index (κ1) is 17.8. The number of benzene rings is 1. The van der Waals surface area contributed by atoms with Crippen LogP contribution in [0.5, 0.6) is 5.75 Å². The summed E-state index contributed by atoms with van der Waals surface area (Å²) in [6.07, 6.45) is 8.55. The smallest absolute Gasteiger partial charge is 0.220 e. The molecule has 0 aliphatic heterocycles. The lowest BCUT2D eigenvalue weighted by atomic mass is 9.88. The second-order valence-corrected chi connectivity index (χ2v) is 6.98. The van der Waals surface area contributed by atoms with Gasteiger partial charge in [-0.1, -0.05) is 37.8 Å². The second-order valence-electron chi connectivity index (χ2n) is 6.98. The van der Waals surface area contributed by atoms with E-state index in [0.717, 1.165) is 24.9 Å². The van der Waals surface area contributed by atoms with Crippen molar-refractivity contribution in [3.63, 3.8) is 0 Å². The molecule has 4 nitrogen and oxygen atoms in total. The fraction of sp³-hybridized carbons (Fsp3) is 0.632. The highest BCUT2D eigenvalue weighted by molar-refractivity contribution is 5.76. The molecule has 0 aromatic heterocycles. The fourth-order valence-electron chi connectivity index (χ4n) is 3.49. The van der Waals surface area contributed by atoms with E-state index in [1.807, 2.05) is 12.1 Å². The Kier molecular flexibility index (Phi) is 6.46. The Labute approximate surface area is 139 Å². The molecule has 0 radical (unpaired) electrons. The number of nitrogens with zero attached hydrogens (tertiary/aromatic N) is 1. The molecule has 0 atom stereocenters. The lowest BCUT2D eigenvalue weighted by Gasteiger charge is -2.39. The molecule has 0 unspecified atom stereocenters. The van der Waals surface area contributed by atoms with Crippen molar-refractivity contribution in [3.8, 4) is 5.75 Å². The van der Waals surface area contributed by atoms with Crippen LogP contribution in [0.1, 0.15) is 50.5 Å². The Morgan fingerprint density at radius 1 is 1.22 bits per heavy atom. The molecule has 2 N–H and O–H groups in total. The third-order valence-electron chi connectivity index (χ3n) is 5.15. The molecule has 1 aliphatic rings. The summed E-state index contributed by atoms with van der Waals surface area (Å²) in [6.45, 7) is 0.735. The maximum absolute atomic E-state index is 12.2. The van der Waals surface area contributed by atoms with E-state index in [1.165, 1.54) is 25.7 Å². The molecule has 4 heteroatoms. The van der Waals surface area contributed by atoms with Gasteiger partial charge in [-0.25, -0.2) is 0 Å². The Morgan fingerprint density at radius 2 is 1.91 bits per heavy atom. The van der Waals surface area contributed by atoms with Crippen molar-refractivity contribution in [1.82, 2.24) is 10.2 Å². The molecular weight excluding hydrogens is 288 g/mol. The fourth-order valence-corrected chi connectivity index (χ4v) is 3.49. The summed E-state index contributed by atoms with van der Waals surface area (Å²) in [4.78, 5) is 14.5. The number of phenolic OH excluding ortho intramolecular Hbond substituents is 1. The van der Waals surface area contributed by atoms with E-state index in [9.17, 15) is 9.90 Å². The van der Waals surface area contributed by atoms with Gasteiger partial charge < -0.3 is 15.3 Å². The first-order valence-corrected chi connectivity index (χ1v) is 8.74. The van der Waals surface area contributed by atoms with Crippen molar-refractivity contribution in [2.24, 2.45) is 0 Å². The summed E-state index contributed by atoms with van der Waals surface area (Å²) < 4.78 is 0. The lowest BCUT2D eigenvalue weighted by molar-refractivity contribution is -0.121. The molecule has 1 aliphatic carbocycles. The van der Waals surface area contributed by atoms with Gasteiger partial charge in [0, 0.05) is 18.5 Å². The summed E-state index contributed by atoms with van der Waals surface area (Å²) in [5.74, 6) is 0.353. The lowest BCUT2D eigenvalue weighted by Crippen LogP contribution is -2.52. The first-order valence-electron chi connectivity index (χ1n) is 8.74. The molecule has 0 heterocycles. The van der Waals surface area contributed by atoms with E-state index in [2.05, 4.69) is 24.3 Å². The second kappa shape index (κ2) is 8.34. The maximum atomic E-state index is 12.2. The highest BCUT2D eigenvalue weighted by Gasteiger charge is 2.33. The maximum Gasteiger partial charge on any atom is 0.220 e. The molecule has 1 aromatic carbocycles. The van der Waals surface area contributed by atoms with Gasteiger partial charge in [0.2, 0.25) is 5.91 Å². The Morgan fingerprint density at radius 3 is 2.52 bits per heavy atom. The number of amides is 1. The van der Waals surface area contributed by atoms with Gasteiger partial charge in [0.05, 0.1) is 0 Å². The molecule has 128 valence electrons. The van der Waals surface area contributed by atoms with Crippen molar-refractivity contribution < 1.29 is 9.90 Å². The minimum Gasteiger partial charge on any atom is -0.508 e. The van der Waals surface area contributed by atoms with Crippen molar-refractivity contribution in [3.05, 3.63) is 29.8 Å². The van der Waals surface area contributed by atoms with Crippen LogP contribution in [0.25, 0.3) is 0 Å². The summed E-state index contributed by atoms with van der Waals surface area (Å²) in [7, 11) is 4.26. The molecular formula is C19H30N2O2. The van der Waals surface area contributed by atoms with Gasteiger partial charge in [-0.3, -0.25) is 4.79 Å². The van der Waals surface area contributed by atoms with E-state index in [4.69, 9.17) is 0 Å². The molecule has 0 spiro atoms. The Bertz CT molecular complexity index is 506. The van der Waals surface area contributed by atoms with Crippen LogP contribution in [-0.2, 0) is 11.2 Å². The van der Waals surface area contributed by atoms with E-state index < -0.39 is 0 Å². The highest BCUT2D eigenvalue weighted by Crippen LogP contribution is 2.30. The van der Waals surface area contributed by atoms with Crippen LogP contribution in [0, 0.1) is 0 Å². The van der Waals surface area contributed by atoms with Crippen molar-refractivity contribution in [2.75, 3.05) is 20.6 Å². The highest BCUT2D eigenvalue weighted by atomic mass is 16.3. The summed E-state index contributed by atoms with van der Waals surface area (Å²) >= 11 is 0. The van der Waals surface area contributed by atoms with Gasteiger partial charge in [-0.05, 0) is 51.1 Å². The number of carbonyl (C=O) groups excluding carboxylic acids is 1. The number of carbonyl (C=O) groups is 1. The number of hydrogen-bond acceptors (Lipinski definition) is 3. The van der Waals surface area contributed by atoms with E-state index in [1.54, 1.807) is 12.1 Å². The predicted octanol–water partition coefficient (Wildman–Crippen LogP) is 3.10. The molecule has 1 amide bonds. The minimum atomic E-state index is 0.0961. The van der Waals surface area contributed by atoms with Crippen LogP contribution < -0.4 is 5.32 Å². The van der Waals surface area contributed by atoms with Crippen molar-refractivity contribution >= 4 is 5.91 Å². The normalized spacial score (nSPS) is 17.7. The van der Waals surface area contributed by atoms with Crippen LogP contribution in [0.3, 0.4) is 0 Å². The zero-order valence-electron chi connectivity index (χ0n) is 14.5. The van der Waals surface area contributed by atoms with Gasteiger partial charge in [-0.15, -0.1) is 0 Å². The molecule has 1 aromatic rings. The van der Waals surface area contributed by atoms with Gasteiger partial charge in [-0.2, -0.15) is 0 Å². The number of rotatable bonds is 6. The monoisotopic (exact) mass is 318 g/mol. The molecule has 1 saturated carbocycles. The van der Waals surface area contributed by atoms with Crippen LogP contribution in [0.4, 0.5) is 0 Å². The average molecular weight is 318 g/mol. The SMILES string of the molecule is CN(C)C1(CNC(=O)CCc2cccc(O)c2)CCCCCC1. The molecule has 1 fully saturated rings. The van der Waals surface area contributed by atoms with Crippen LogP contribution in [0.15, 0.2) is 24.3 Å². The number of likely N-dealkylation sites (N-methyl/N-ethyl adjacent to an activating group) is 1. The minimum absolute atomic E-state index is 0.0961. The van der Waals surface area contributed by atoms with Crippen molar-refractivity contribution in [2.45, 2.75) is 56.9 Å². The number of phenols is 1. The van der Waals surface area contributed by atoms with Gasteiger partial charge in [0.15, 0.2) is 0 Å². The van der Waals surface area contributed by atoms with Crippen molar-refractivity contribution in [1.29, 1.82) is 0 Å². The quantitative estimate of drug-likeness (QED) is 0.793. The third-order valence-corrected chi connectivity index (χ3v) is 5.15. The topological polar surface area (TPSA) is 52.6 Å². The average Bonchev–Trinajstić information content (AvgIpc) is 2.77. The molecule has 23 heavy (non-hydrogen) atoms. The van der Waals surface area contributed by atoms with E-state index in [-0.39, 0.29) is 17.2 Å². The largest absolute Gasteiger partial charge is 0.508 e. The number of nitrogens with one attached hydrogen (secondary N) is 1. The summed E-state index contributed by atoms with van der Waals surface area (Å²) in [5, 5.41) is 12.6. The molecule has 0 saturated heterocycles. The van der Waals surface area contributed by atoms with E-state index in [0.29, 0.717) is 12.8 Å². The van der Waals surface area contributed by atoms with Gasteiger partial charge in [0.25, 0.3) is 0 Å². The molecule has 2 rings (SSSR count).